The van der Waals surface area contributed by atoms with Crippen molar-refractivity contribution in [1.29, 1.82) is 0 Å². The summed E-state index contributed by atoms with van der Waals surface area (Å²) in [7, 11) is 0. The lowest BCUT2D eigenvalue weighted by Gasteiger charge is -2.38. The first-order valence-electron chi connectivity index (χ1n) is 12.0. The van der Waals surface area contributed by atoms with Crippen LogP contribution in [0, 0.1) is 5.92 Å². The van der Waals surface area contributed by atoms with Gasteiger partial charge in [0.1, 0.15) is 0 Å². The summed E-state index contributed by atoms with van der Waals surface area (Å²) in [6, 6.07) is 20.6. The molecule has 0 N–H and O–H groups in total. The second kappa shape index (κ2) is 9.02. The van der Waals surface area contributed by atoms with Gasteiger partial charge < -0.3 is 9.80 Å². The van der Waals surface area contributed by atoms with Crippen LogP contribution in [0.3, 0.4) is 0 Å². The summed E-state index contributed by atoms with van der Waals surface area (Å²) in [5, 5.41) is 0. The van der Waals surface area contributed by atoms with Gasteiger partial charge in [0, 0.05) is 12.5 Å². The molecule has 5 rings (SSSR count). The molecule has 3 aliphatic rings. The first-order valence-corrected chi connectivity index (χ1v) is 12.0. The topological polar surface area (TPSA) is 6.48 Å². The summed E-state index contributed by atoms with van der Waals surface area (Å²) in [6.45, 7) is 7.77. The highest BCUT2D eigenvalue weighted by atomic mass is 15.2. The molecule has 0 spiro atoms. The van der Waals surface area contributed by atoms with Gasteiger partial charge in [-0.25, -0.2) is 0 Å². The first-order chi connectivity index (χ1) is 14.4. The van der Waals surface area contributed by atoms with E-state index in [-0.39, 0.29) is 0 Å². The predicted octanol–water partition coefficient (Wildman–Crippen LogP) is 5.50. The maximum absolute atomic E-state index is 2.78. The Morgan fingerprint density at radius 3 is 2.17 bits per heavy atom. The normalized spacial score (nSPS) is 27.9. The van der Waals surface area contributed by atoms with Crippen LogP contribution >= 0.6 is 0 Å². The Balaban J connectivity index is 1.26. The number of hydrogen-bond acceptors (Lipinski definition) is 2. The van der Waals surface area contributed by atoms with E-state index in [1.54, 1.807) is 11.1 Å². The van der Waals surface area contributed by atoms with E-state index in [0.29, 0.717) is 5.92 Å². The van der Waals surface area contributed by atoms with Crippen LogP contribution in [-0.4, -0.2) is 49.1 Å². The molecule has 0 radical (unpaired) electrons. The molecular formula is C27H36N2. The largest absolute Gasteiger partial charge is 0.303 e. The van der Waals surface area contributed by atoms with Gasteiger partial charge in [0.2, 0.25) is 0 Å². The maximum Gasteiger partial charge on any atom is 0.0138 e. The van der Waals surface area contributed by atoms with Crippen molar-refractivity contribution in [2.75, 3.05) is 39.3 Å². The van der Waals surface area contributed by atoms with Gasteiger partial charge in [-0.1, -0.05) is 67.4 Å². The number of rotatable bonds is 5. The average Bonchev–Trinajstić information content (AvgIpc) is 2.89. The van der Waals surface area contributed by atoms with Gasteiger partial charge in [-0.2, -0.15) is 0 Å². The molecule has 29 heavy (non-hydrogen) atoms. The van der Waals surface area contributed by atoms with Crippen molar-refractivity contribution < 1.29 is 0 Å². The third-order valence-electron chi connectivity index (χ3n) is 7.71. The van der Waals surface area contributed by atoms with Gasteiger partial charge in [-0.3, -0.25) is 0 Å². The number of fused-ring (bicyclic) bond motifs is 3. The Morgan fingerprint density at radius 1 is 0.690 bits per heavy atom. The second-order valence-electron chi connectivity index (χ2n) is 9.49. The highest BCUT2D eigenvalue weighted by molar-refractivity contribution is 5.46. The first kappa shape index (κ1) is 19.3. The fourth-order valence-electron chi connectivity index (χ4n) is 6.31. The maximum atomic E-state index is 2.78. The molecule has 2 heteroatoms. The van der Waals surface area contributed by atoms with E-state index in [1.807, 2.05) is 0 Å². The van der Waals surface area contributed by atoms with Crippen molar-refractivity contribution in [1.82, 2.24) is 9.80 Å². The molecular weight excluding hydrogens is 352 g/mol. The molecule has 154 valence electrons. The fourth-order valence-corrected chi connectivity index (χ4v) is 6.31. The lowest BCUT2D eigenvalue weighted by atomic mass is 9.79. The SMILES string of the molecule is c1ccc([C@H]2c3ccccc3[C@@H]3CCN(CCCN4CCCCCC4)C[C@H]23)cc1. The number of hydrogen-bond donors (Lipinski definition) is 0. The van der Waals surface area contributed by atoms with Gasteiger partial charge in [-0.05, 0) is 86.9 Å². The highest BCUT2D eigenvalue weighted by Gasteiger charge is 2.43. The Bertz CT molecular complexity index is 778. The molecule has 3 atom stereocenters. The third-order valence-corrected chi connectivity index (χ3v) is 7.71. The van der Waals surface area contributed by atoms with E-state index in [2.05, 4.69) is 64.4 Å². The van der Waals surface area contributed by atoms with Crippen molar-refractivity contribution in [2.45, 2.75) is 50.4 Å². The number of likely N-dealkylation sites (tertiary alicyclic amines) is 2. The molecule has 0 bridgehead atoms. The monoisotopic (exact) mass is 388 g/mol. The second-order valence-corrected chi connectivity index (χ2v) is 9.49. The molecule has 2 aromatic rings. The standard InChI is InChI=1S/C27H36N2/c1-2-9-17-28(16-8-1)18-10-19-29-20-15-24-23-13-6-7-14-25(23)27(26(24)21-29)22-11-4-3-5-12-22/h3-7,11-14,24,26-27H,1-2,8-10,15-21H2/t24-,26-,27-/m0/s1. The Labute approximate surface area is 176 Å². The van der Waals surface area contributed by atoms with Crippen LogP contribution in [0.1, 0.15) is 67.1 Å². The van der Waals surface area contributed by atoms with E-state index in [9.17, 15) is 0 Å². The molecule has 2 aliphatic heterocycles. The van der Waals surface area contributed by atoms with Gasteiger partial charge in [0.25, 0.3) is 0 Å². The summed E-state index contributed by atoms with van der Waals surface area (Å²) in [6.07, 6.45) is 8.35. The zero-order chi connectivity index (χ0) is 19.5. The smallest absolute Gasteiger partial charge is 0.0138 e. The molecule has 2 fully saturated rings. The van der Waals surface area contributed by atoms with Crippen LogP contribution in [0.4, 0.5) is 0 Å². The van der Waals surface area contributed by atoms with Crippen molar-refractivity contribution in [2.24, 2.45) is 5.92 Å². The lowest BCUT2D eigenvalue weighted by molar-refractivity contribution is 0.145. The van der Waals surface area contributed by atoms with E-state index < -0.39 is 0 Å². The minimum absolute atomic E-state index is 0.575. The van der Waals surface area contributed by atoms with Gasteiger partial charge in [-0.15, -0.1) is 0 Å². The van der Waals surface area contributed by atoms with Gasteiger partial charge in [0.15, 0.2) is 0 Å². The van der Waals surface area contributed by atoms with Crippen molar-refractivity contribution in [3.8, 4) is 0 Å². The molecule has 2 aromatic carbocycles. The number of piperidine rings is 1. The molecule has 0 amide bonds. The van der Waals surface area contributed by atoms with Crippen LogP contribution in [0.5, 0.6) is 0 Å². The minimum Gasteiger partial charge on any atom is -0.303 e. The predicted molar refractivity (Wildman–Crippen MR) is 122 cm³/mol. The van der Waals surface area contributed by atoms with Crippen molar-refractivity contribution in [3.63, 3.8) is 0 Å². The third kappa shape index (κ3) is 4.15. The molecule has 0 unspecified atom stereocenters. The van der Waals surface area contributed by atoms with Crippen LogP contribution in [0.2, 0.25) is 0 Å². The molecule has 2 saturated heterocycles. The van der Waals surface area contributed by atoms with E-state index >= 15 is 0 Å². The number of nitrogens with zero attached hydrogens (tertiary/aromatic N) is 2. The molecule has 1 aliphatic carbocycles. The Hall–Kier alpha value is -1.64. The quantitative estimate of drug-likeness (QED) is 0.667. The van der Waals surface area contributed by atoms with E-state index in [0.717, 1.165) is 11.8 Å². The Morgan fingerprint density at radius 2 is 1.38 bits per heavy atom. The summed E-state index contributed by atoms with van der Waals surface area (Å²) in [4.78, 5) is 5.50. The zero-order valence-corrected chi connectivity index (χ0v) is 17.8. The molecule has 0 aromatic heterocycles. The molecule has 2 heterocycles. The van der Waals surface area contributed by atoms with Crippen LogP contribution in [-0.2, 0) is 0 Å². The number of benzene rings is 2. The lowest BCUT2D eigenvalue weighted by Crippen LogP contribution is -2.41. The van der Waals surface area contributed by atoms with Crippen molar-refractivity contribution in [3.05, 3.63) is 71.3 Å². The average molecular weight is 389 g/mol. The fraction of sp³-hybridized carbons (Fsp3) is 0.556. The van der Waals surface area contributed by atoms with E-state index in [4.69, 9.17) is 0 Å². The summed E-state index contributed by atoms with van der Waals surface area (Å²) >= 11 is 0. The molecule has 0 saturated carbocycles. The van der Waals surface area contributed by atoms with E-state index in [1.165, 1.54) is 83.4 Å². The summed E-state index contributed by atoms with van der Waals surface area (Å²) in [5.74, 6) is 2.06. The summed E-state index contributed by atoms with van der Waals surface area (Å²) < 4.78 is 0. The Kier molecular flexibility index (Phi) is 6.01. The molecule has 2 nitrogen and oxygen atoms in total. The minimum atomic E-state index is 0.575. The van der Waals surface area contributed by atoms with Gasteiger partial charge in [0.05, 0.1) is 0 Å². The van der Waals surface area contributed by atoms with Crippen LogP contribution in [0.15, 0.2) is 54.6 Å². The van der Waals surface area contributed by atoms with Gasteiger partial charge >= 0.3 is 0 Å². The van der Waals surface area contributed by atoms with Crippen LogP contribution in [0.25, 0.3) is 0 Å². The van der Waals surface area contributed by atoms with Crippen LogP contribution < -0.4 is 0 Å². The zero-order valence-electron chi connectivity index (χ0n) is 17.8. The highest BCUT2D eigenvalue weighted by Crippen LogP contribution is 2.52. The van der Waals surface area contributed by atoms with Crippen molar-refractivity contribution >= 4 is 0 Å². The summed E-state index contributed by atoms with van der Waals surface area (Å²) in [5.41, 5.74) is 4.74.